The summed E-state index contributed by atoms with van der Waals surface area (Å²) >= 11 is 0. The molecule has 0 radical (unpaired) electrons. The van der Waals surface area contributed by atoms with Crippen LogP contribution in [-0.2, 0) is 12.3 Å². The Balaban J connectivity index is 3.36. The second kappa shape index (κ2) is 5.52. The van der Waals surface area contributed by atoms with Crippen LogP contribution in [-0.4, -0.2) is 25.4 Å². The summed E-state index contributed by atoms with van der Waals surface area (Å²) in [6.07, 6.45) is -0.566. The van der Waals surface area contributed by atoms with Crippen molar-refractivity contribution in [2.24, 2.45) is 0 Å². The minimum absolute atomic E-state index is 0.138. The molecule has 5 heteroatoms. The first-order valence-electron chi connectivity index (χ1n) is 5.60. The quantitative estimate of drug-likeness (QED) is 0.884. The van der Waals surface area contributed by atoms with Gasteiger partial charge in [-0.05, 0) is 31.0 Å². The van der Waals surface area contributed by atoms with Crippen LogP contribution in [0.25, 0.3) is 0 Å². The maximum atomic E-state index is 13.5. The summed E-state index contributed by atoms with van der Waals surface area (Å²) in [4.78, 5) is 0. The standard InChI is InChI=1S/C13H18F2O3/c1-8(16)5-9-6-11(17-3)12(18-4)7-10(9)13(2,14)15/h6-8,16H,5H2,1-4H3. The van der Waals surface area contributed by atoms with Gasteiger partial charge in [-0.25, -0.2) is 8.78 Å². The highest BCUT2D eigenvalue weighted by molar-refractivity contribution is 5.49. The predicted molar refractivity (Wildman–Crippen MR) is 64.5 cm³/mol. The summed E-state index contributed by atoms with van der Waals surface area (Å²) in [5, 5.41) is 9.37. The monoisotopic (exact) mass is 260 g/mol. The molecule has 0 aliphatic carbocycles. The van der Waals surface area contributed by atoms with Crippen LogP contribution in [0.1, 0.15) is 25.0 Å². The van der Waals surface area contributed by atoms with Gasteiger partial charge in [0, 0.05) is 12.5 Å². The molecule has 0 amide bonds. The lowest BCUT2D eigenvalue weighted by molar-refractivity contribution is 0.0158. The van der Waals surface area contributed by atoms with E-state index < -0.39 is 12.0 Å². The van der Waals surface area contributed by atoms with Crippen molar-refractivity contribution in [3.63, 3.8) is 0 Å². The lowest BCUT2D eigenvalue weighted by atomic mass is 9.97. The Hall–Kier alpha value is -1.36. The fraction of sp³-hybridized carbons (Fsp3) is 0.538. The molecular weight excluding hydrogens is 242 g/mol. The zero-order valence-electron chi connectivity index (χ0n) is 11.0. The molecule has 0 saturated heterocycles. The molecule has 3 nitrogen and oxygen atoms in total. The molecule has 102 valence electrons. The first-order valence-corrected chi connectivity index (χ1v) is 5.60. The molecule has 1 unspecified atom stereocenters. The van der Waals surface area contributed by atoms with Crippen molar-refractivity contribution >= 4 is 0 Å². The Morgan fingerprint density at radius 3 is 2.11 bits per heavy atom. The van der Waals surface area contributed by atoms with E-state index in [1.54, 1.807) is 6.92 Å². The summed E-state index contributed by atoms with van der Waals surface area (Å²) in [6, 6.07) is 2.74. The van der Waals surface area contributed by atoms with Crippen LogP contribution in [0.3, 0.4) is 0 Å². The van der Waals surface area contributed by atoms with E-state index in [0.29, 0.717) is 11.3 Å². The fourth-order valence-electron chi connectivity index (χ4n) is 1.82. The number of alkyl halides is 2. The Morgan fingerprint density at radius 2 is 1.72 bits per heavy atom. The van der Waals surface area contributed by atoms with Crippen LogP contribution in [0.4, 0.5) is 8.78 Å². The molecule has 1 aromatic carbocycles. The molecule has 1 aromatic rings. The normalized spacial score (nSPS) is 13.3. The zero-order valence-corrected chi connectivity index (χ0v) is 11.0. The van der Waals surface area contributed by atoms with Gasteiger partial charge in [0.05, 0.1) is 20.3 Å². The largest absolute Gasteiger partial charge is 0.493 e. The van der Waals surface area contributed by atoms with Crippen LogP contribution in [0.15, 0.2) is 12.1 Å². The topological polar surface area (TPSA) is 38.7 Å². The van der Waals surface area contributed by atoms with Gasteiger partial charge in [-0.2, -0.15) is 0 Å². The van der Waals surface area contributed by atoms with Crippen molar-refractivity contribution in [3.8, 4) is 11.5 Å². The predicted octanol–water partition coefficient (Wildman–Crippen LogP) is 2.74. The molecule has 1 N–H and O–H groups in total. The van der Waals surface area contributed by atoms with Crippen LogP contribution in [0.5, 0.6) is 11.5 Å². The van der Waals surface area contributed by atoms with E-state index in [1.165, 1.54) is 26.4 Å². The van der Waals surface area contributed by atoms with E-state index in [0.717, 1.165) is 6.92 Å². The van der Waals surface area contributed by atoms with Gasteiger partial charge in [0.15, 0.2) is 11.5 Å². The fourth-order valence-corrected chi connectivity index (χ4v) is 1.82. The lowest BCUT2D eigenvalue weighted by Crippen LogP contribution is -2.15. The van der Waals surface area contributed by atoms with Crippen molar-refractivity contribution < 1.29 is 23.4 Å². The van der Waals surface area contributed by atoms with Gasteiger partial charge < -0.3 is 14.6 Å². The van der Waals surface area contributed by atoms with E-state index in [9.17, 15) is 13.9 Å². The van der Waals surface area contributed by atoms with Gasteiger partial charge in [0.1, 0.15) is 0 Å². The third-order valence-electron chi connectivity index (χ3n) is 2.60. The molecule has 0 spiro atoms. The number of hydrogen-bond donors (Lipinski definition) is 1. The molecule has 1 atom stereocenters. The molecule has 0 aliphatic rings. The minimum atomic E-state index is -3.00. The van der Waals surface area contributed by atoms with Gasteiger partial charge in [-0.15, -0.1) is 0 Å². The summed E-state index contributed by atoms with van der Waals surface area (Å²) in [5.74, 6) is -2.37. The average molecular weight is 260 g/mol. The third kappa shape index (κ3) is 3.32. The number of rotatable bonds is 5. The third-order valence-corrected chi connectivity index (χ3v) is 2.60. The van der Waals surface area contributed by atoms with Crippen molar-refractivity contribution in [1.29, 1.82) is 0 Å². The Labute approximate surface area is 105 Å². The van der Waals surface area contributed by atoms with Crippen molar-refractivity contribution in [2.75, 3.05) is 14.2 Å². The van der Waals surface area contributed by atoms with Crippen molar-refractivity contribution in [1.82, 2.24) is 0 Å². The summed E-state index contributed by atoms with van der Waals surface area (Å²) in [6.45, 7) is 2.37. The average Bonchev–Trinajstić information content (AvgIpc) is 2.26. The van der Waals surface area contributed by atoms with Crippen LogP contribution in [0.2, 0.25) is 0 Å². The number of ether oxygens (including phenoxy) is 2. The molecular formula is C13H18F2O3. The Bertz CT molecular complexity index is 411. The number of halogens is 2. The van der Waals surface area contributed by atoms with Crippen molar-refractivity contribution in [3.05, 3.63) is 23.3 Å². The number of aliphatic hydroxyl groups is 1. The number of hydrogen-bond acceptors (Lipinski definition) is 3. The summed E-state index contributed by atoms with van der Waals surface area (Å²) in [5.41, 5.74) is 0.205. The van der Waals surface area contributed by atoms with E-state index in [-0.39, 0.29) is 17.7 Å². The smallest absolute Gasteiger partial charge is 0.270 e. The van der Waals surface area contributed by atoms with E-state index >= 15 is 0 Å². The van der Waals surface area contributed by atoms with Gasteiger partial charge in [0.25, 0.3) is 5.92 Å². The van der Waals surface area contributed by atoms with E-state index in [2.05, 4.69) is 0 Å². The van der Waals surface area contributed by atoms with E-state index in [4.69, 9.17) is 9.47 Å². The van der Waals surface area contributed by atoms with Crippen LogP contribution < -0.4 is 9.47 Å². The molecule has 0 aromatic heterocycles. The highest BCUT2D eigenvalue weighted by Crippen LogP contribution is 2.38. The minimum Gasteiger partial charge on any atom is -0.493 e. The lowest BCUT2D eigenvalue weighted by Gasteiger charge is -2.19. The second-order valence-electron chi connectivity index (χ2n) is 4.31. The maximum Gasteiger partial charge on any atom is 0.270 e. The number of aliphatic hydroxyl groups excluding tert-OH is 1. The summed E-state index contributed by atoms with van der Waals surface area (Å²) < 4.78 is 37.2. The Kier molecular flexibility index (Phi) is 4.51. The second-order valence-corrected chi connectivity index (χ2v) is 4.31. The first kappa shape index (κ1) is 14.7. The highest BCUT2D eigenvalue weighted by atomic mass is 19.3. The molecule has 0 fully saturated rings. The van der Waals surface area contributed by atoms with Crippen LogP contribution >= 0.6 is 0 Å². The highest BCUT2D eigenvalue weighted by Gasteiger charge is 2.29. The van der Waals surface area contributed by atoms with Crippen molar-refractivity contribution in [2.45, 2.75) is 32.3 Å². The van der Waals surface area contributed by atoms with Gasteiger partial charge in [-0.1, -0.05) is 0 Å². The summed E-state index contributed by atoms with van der Waals surface area (Å²) in [7, 11) is 2.83. The Morgan fingerprint density at radius 1 is 1.22 bits per heavy atom. The molecule has 18 heavy (non-hydrogen) atoms. The molecule has 1 rings (SSSR count). The van der Waals surface area contributed by atoms with Gasteiger partial charge >= 0.3 is 0 Å². The SMILES string of the molecule is COc1cc(CC(C)O)c(C(C)(F)F)cc1OC. The first-order chi connectivity index (χ1) is 8.29. The van der Waals surface area contributed by atoms with Crippen LogP contribution in [0, 0.1) is 0 Å². The van der Waals surface area contributed by atoms with Gasteiger partial charge in [-0.3, -0.25) is 0 Å². The number of benzene rings is 1. The number of methoxy groups -OCH3 is 2. The van der Waals surface area contributed by atoms with Gasteiger partial charge in [0.2, 0.25) is 0 Å². The maximum absolute atomic E-state index is 13.5. The van der Waals surface area contributed by atoms with E-state index in [1.807, 2.05) is 0 Å². The zero-order chi connectivity index (χ0) is 13.9. The molecule has 0 aliphatic heterocycles. The molecule has 0 bridgehead atoms. The molecule has 0 heterocycles. The molecule has 0 saturated carbocycles.